The van der Waals surface area contributed by atoms with Gasteiger partial charge in [-0.1, -0.05) is 13.8 Å². The van der Waals surface area contributed by atoms with Crippen LogP contribution in [0.25, 0.3) is 0 Å². The molecule has 0 spiro atoms. The lowest BCUT2D eigenvalue weighted by Crippen LogP contribution is -2.04. The van der Waals surface area contributed by atoms with Crippen LogP contribution in [0.1, 0.15) is 19.4 Å². The average molecular weight is 293 g/mol. The highest BCUT2D eigenvalue weighted by Crippen LogP contribution is 2.28. The number of methoxy groups -OCH3 is 1. The van der Waals surface area contributed by atoms with Crippen LogP contribution >= 0.6 is 15.9 Å². The summed E-state index contributed by atoms with van der Waals surface area (Å²) >= 11 is 2.97. The summed E-state index contributed by atoms with van der Waals surface area (Å²) in [5.74, 6) is -1.68. The van der Waals surface area contributed by atoms with Gasteiger partial charge in [-0.05, 0) is 33.6 Å². The van der Waals surface area contributed by atoms with E-state index in [0.29, 0.717) is 5.56 Å². The van der Waals surface area contributed by atoms with E-state index in [1.54, 1.807) is 0 Å². The van der Waals surface area contributed by atoms with Crippen LogP contribution in [0.3, 0.4) is 0 Å². The summed E-state index contributed by atoms with van der Waals surface area (Å²) in [7, 11) is 1.26. The van der Waals surface area contributed by atoms with E-state index >= 15 is 0 Å². The van der Waals surface area contributed by atoms with Gasteiger partial charge >= 0.3 is 5.97 Å². The molecule has 0 saturated carbocycles. The van der Waals surface area contributed by atoms with E-state index in [1.165, 1.54) is 13.2 Å². The summed E-state index contributed by atoms with van der Waals surface area (Å²) in [6.45, 7) is 4.00. The largest absolute Gasteiger partial charge is 0.504 e. The maximum atomic E-state index is 13.0. The van der Waals surface area contributed by atoms with E-state index in [-0.39, 0.29) is 10.9 Å². The fourth-order valence-corrected chi connectivity index (χ4v) is 1.44. The van der Waals surface area contributed by atoms with Crippen LogP contribution < -0.4 is 0 Å². The number of phenols is 1. The number of carbonyl (C=O) groups excluding carboxylic acids is 1. The zero-order chi connectivity index (χ0) is 12.7. The van der Waals surface area contributed by atoms with Gasteiger partial charge in [-0.2, -0.15) is 0 Å². The van der Waals surface area contributed by atoms with Gasteiger partial charge in [0.1, 0.15) is 0 Å². The number of ether oxygens (including phenoxy) is 1. The second-order valence-corrected chi connectivity index (χ2v) is 3.52. The molecule has 0 heterocycles. The third-order valence-electron chi connectivity index (χ3n) is 1.65. The number of rotatable bonds is 2. The maximum absolute atomic E-state index is 13.0. The maximum Gasteiger partial charge on any atom is 0.309 e. The normalized spacial score (nSPS) is 9.06. The fraction of sp³-hybridized carbons (Fsp3) is 0.364. The van der Waals surface area contributed by atoms with Crippen molar-refractivity contribution in [3.8, 4) is 5.75 Å². The number of carbonyl (C=O) groups is 1. The predicted molar refractivity (Wildman–Crippen MR) is 62.8 cm³/mol. The van der Waals surface area contributed by atoms with E-state index in [9.17, 15) is 9.18 Å². The standard InChI is InChI=1S/C9H8BrFO3.C2H6/c1-14-8(12)4-5-2-6(10)9(13)7(11)3-5;1-2/h2-3,13H,4H2,1H3;1-2H3. The summed E-state index contributed by atoms with van der Waals surface area (Å²) in [5.41, 5.74) is 0.444. The molecule has 1 aromatic rings. The Morgan fingerprint density at radius 1 is 1.50 bits per heavy atom. The topological polar surface area (TPSA) is 46.5 Å². The lowest BCUT2D eigenvalue weighted by atomic mass is 10.1. The Morgan fingerprint density at radius 2 is 2.06 bits per heavy atom. The van der Waals surface area contributed by atoms with Gasteiger partial charge in [0.15, 0.2) is 11.6 Å². The molecule has 90 valence electrons. The lowest BCUT2D eigenvalue weighted by Gasteiger charge is -2.03. The van der Waals surface area contributed by atoms with Crippen LogP contribution in [0, 0.1) is 5.82 Å². The minimum absolute atomic E-state index is 0.0215. The van der Waals surface area contributed by atoms with E-state index < -0.39 is 17.5 Å². The second-order valence-electron chi connectivity index (χ2n) is 2.66. The van der Waals surface area contributed by atoms with Crippen molar-refractivity contribution >= 4 is 21.9 Å². The number of phenolic OH excluding ortho intramolecular Hbond substituents is 1. The van der Waals surface area contributed by atoms with Gasteiger partial charge < -0.3 is 9.84 Å². The highest BCUT2D eigenvalue weighted by Gasteiger charge is 2.10. The number of halogens is 2. The molecule has 0 aliphatic heterocycles. The van der Waals surface area contributed by atoms with Gasteiger partial charge in [-0.15, -0.1) is 0 Å². The first-order valence-corrected chi connectivity index (χ1v) is 5.57. The Morgan fingerprint density at radius 3 is 2.50 bits per heavy atom. The van der Waals surface area contributed by atoms with Crippen LogP contribution in [0.4, 0.5) is 4.39 Å². The fourth-order valence-electron chi connectivity index (χ4n) is 0.959. The molecule has 5 heteroatoms. The molecule has 0 atom stereocenters. The van der Waals surface area contributed by atoms with Crippen molar-refractivity contribution in [1.82, 2.24) is 0 Å². The van der Waals surface area contributed by atoms with Crippen molar-refractivity contribution in [2.24, 2.45) is 0 Å². The third kappa shape index (κ3) is 4.18. The minimum atomic E-state index is -0.765. The number of benzene rings is 1. The van der Waals surface area contributed by atoms with Crippen LogP contribution in [0.5, 0.6) is 5.75 Å². The molecule has 0 aromatic heterocycles. The third-order valence-corrected chi connectivity index (χ3v) is 2.26. The Kier molecular flexibility index (Phi) is 6.72. The van der Waals surface area contributed by atoms with Gasteiger partial charge in [0, 0.05) is 0 Å². The van der Waals surface area contributed by atoms with Crippen molar-refractivity contribution in [3.63, 3.8) is 0 Å². The van der Waals surface area contributed by atoms with Gasteiger partial charge in [-0.3, -0.25) is 4.79 Å². The van der Waals surface area contributed by atoms with Gasteiger partial charge in [-0.25, -0.2) is 4.39 Å². The molecule has 1 rings (SSSR count). The number of hydrogen-bond acceptors (Lipinski definition) is 3. The zero-order valence-electron chi connectivity index (χ0n) is 9.38. The zero-order valence-corrected chi connectivity index (χ0v) is 11.0. The summed E-state index contributed by atoms with van der Waals surface area (Å²) in [6, 6.07) is 2.56. The molecule has 0 bridgehead atoms. The van der Waals surface area contributed by atoms with Crippen LogP contribution in [0.2, 0.25) is 0 Å². The van der Waals surface area contributed by atoms with Gasteiger partial charge in [0.25, 0.3) is 0 Å². The average Bonchev–Trinajstić information content (AvgIpc) is 2.28. The van der Waals surface area contributed by atoms with Crippen molar-refractivity contribution < 1.29 is 19.0 Å². The van der Waals surface area contributed by atoms with Gasteiger partial charge in [0.2, 0.25) is 0 Å². The summed E-state index contributed by atoms with van der Waals surface area (Å²) in [4.78, 5) is 10.9. The van der Waals surface area contributed by atoms with Crippen molar-refractivity contribution in [3.05, 3.63) is 28.0 Å². The molecule has 3 nitrogen and oxygen atoms in total. The SMILES string of the molecule is CC.COC(=O)Cc1cc(F)c(O)c(Br)c1. The van der Waals surface area contributed by atoms with Crippen LogP contribution in [-0.4, -0.2) is 18.2 Å². The molecule has 0 fully saturated rings. The molecule has 0 saturated heterocycles. The van der Waals surface area contributed by atoms with E-state index in [4.69, 9.17) is 5.11 Å². The van der Waals surface area contributed by atoms with Crippen molar-refractivity contribution in [1.29, 1.82) is 0 Å². The number of esters is 1. The smallest absolute Gasteiger partial charge is 0.309 e. The summed E-state index contributed by atoms with van der Waals surface area (Å²) in [6.07, 6.45) is -0.0215. The molecule has 0 unspecified atom stereocenters. The lowest BCUT2D eigenvalue weighted by molar-refractivity contribution is -0.139. The quantitative estimate of drug-likeness (QED) is 0.853. The number of hydrogen-bond donors (Lipinski definition) is 1. The first kappa shape index (κ1) is 14.9. The second kappa shape index (κ2) is 7.22. The van der Waals surface area contributed by atoms with Crippen molar-refractivity contribution in [2.75, 3.05) is 7.11 Å². The monoisotopic (exact) mass is 292 g/mol. The van der Waals surface area contributed by atoms with Gasteiger partial charge in [0.05, 0.1) is 18.0 Å². The Labute approximate surface area is 102 Å². The van der Waals surface area contributed by atoms with E-state index in [0.717, 1.165) is 6.07 Å². The molecular formula is C11H14BrFO3. The Hall–Kier alpha value is -1.10. The molecule has 0 radical (unpaired) electrons. The first-order valence-electron chi connectivity index (χ1n) is 4.78. The summed E-state index contributed by atoms with van der Waals surface area (Å²) in [5, 5.41) is 9.08. The highest BCUT2D eigenvalue weighted by molar-refractivity contribution is 9.10. The molecule has 1 N–H and O–H groups in total. The molecule has 16 heavy (non-hydrogen) atoms. The summed E-state index contributed by atoms with van der Waals surface area (Å²) < 4.78 is 17.6. The van der Waals surface area contributed by atoms with Crippen molar-refractivity contribution in [2.45, 2.75) is 20.3 Å². The molecule has 0 amide bonds. The predicted octanol–water partition coefficient (Wildman–Crippen LogP) is 3.04. The minimum Gasteiger partial charge on any atom is -0.504 e. The molecule has 0 aliphatic carbocycles. The first-order chi connectivity index (χ1) is 7.54. The number of aromatic hydroxyl groups is 1. The van der Waals surface area contributed by atoms with Crippen LogP contribution in [0.15, 0.2) is 16.6 Å². The molecular weight excluding hydrogens is 279 g/mol. The molecule has 0 aliphatic rings. The Bertz CT molecular complexity index is 343. The highest BCUT2D eigenvalue weighted by atomic mass is 79.9. The van der Waals surface area contributed by atoms with Crippen LogP contribution in [-0.2, 0) is 16.0 Å². The van der Waals surface area contributed by atoms with E-state index in [1.807, 2.05) is 13.8 Å². The van der Waals surface area contributed by atoms with E-state index in [2.05, 4.69) is 20.7 Å². The molecule has 1 aromatic carbocycles. The Balaban J connectivity index is 0.00000106.